The molecular weight excluding hydrogens is 853 g/mol. The van der Waals surface area contributed by atoms with Gasteiger partial charge in [0.2, 0.25) is 5.91 Å². The molecule has 0 bridgehead atoms. The Labute approximate surface area is 382 Å². The summed E-state index contributed by atoms with van der Waals surface area (Å²) in [7, 11) is 6.18. The monoisotopic (exact) mass is 911 g/mol. The van der Waals surface area contributed by atoms with E-state index in [1.54, 1.807) is 72.4 Å². The number of nitrogens with two attached hydrogens (primary N) is 1. The van der Waals surface area contributed by atoms with Crippen LogP contribution < -0.4 is 27.1 Å². The van der Waals surface area contributed by atoms with Crippen LogP contribution in [0.25, 0.3) is 44.4 Å². The highest BCUT2D eigenvalue weighted by Gasteiger charge is 2.45. The minimum atomic E-state index is -3.29. The Morgan fingerprint density at radius 3 is 2.12 bits per heavy atom. The Morgan fingerprint density at radius 1 is 0.924 bits per heavy atom. The number of alkyl halides is 2. The fourth-order valence-electron chi connectivity index (χ4n) is 8.57. The number of carbonyl (C=O) groups is 4. The van der Waals surface area contributed by atoms with Gasteiger partial charge in [-0.25, -0.2) is 9.78 Å². The topological polar surface area (TPSA) is 217 Å². The molecule has 5 aromatic rings. The first-order valence-electron chi connectivity index (χ1n) is 22.0. The molecule has 1 aliphatic carbocycles. The third-order valence-electron chi connectivity index (χ3n) is 12.3. The summed E-state index contributed by atoms with van der Waals surface area (Å²) < 4.78 is 41.4. The summed E-state index contributed by atoms with van der Waals surface area (Å²) >= 11 is 0. The predicted octanol–water partition coefficient (Wildman–Crippen LogP) is 6.08. The van der Waals surface area contributed by atoms with Gasteiger partial charge in [0.05, 0.1) is 50.3 Å². The molecule has 0 spiro atoms. The fraction of sp³-hybridized carbons (Fsp3) is 0.417. The van der Waals surface area contributed by atoms with Gasteiger partial charge in [-0.05, 0) is 92.7 Å². The zero-order valence-corrected chi connectivity index (χ0v) is 38.3. The lowest BCUT2D eigenvalue weighted by atomic mass is 9.97. The lowest BCUT2D eigenvalue weighted by molar-refractivity contribution is -0.139. The number of fused-ring (bicyclic) bond motifs is 4. The van der Waals surface area contributed by atoms with Crippen molar-refractivity contribution in [1.82, 2.24) is 40.7 Å². The number of imidazole rings is 1. The number of likely N-dealkylation sites (N-methyl/N-ethyl adjacent to an activating group) is 1. The second-order valence-corrected chi connectivity index (χ2v) is 16.8. The Morgan fingerprint density at radius 2 is 1.52 bits per heavy atom. The maximum absolute atomic E-state index is 16.4. The van der Waals surface area contributed by atoms with Gasteiger partial charge in [0.25, 0.3) is 18.3 Å². The van der Waals surface area contributed by atoms with E-state index in [1.165, 1.54) is 32.4 Å². The number of pyridine rings is 1. The van der Waals surface area contributed by atoms with Gasteiger partial charge in [-0.3, -0.25) is 24.5 Å². The number of nitrogens with one attached hydrogen (secondary N) is 5. The van der Waals surface area contributed by atoms with Crippen molar-refractivity contribution in [3.63, 3.8) is 0 Å². The molecule has 16 nitrogen and oxygen atoms in total. The number of aromatic nitrogens is 3. The number of amides is 3. The molecule has 0 saturated carbocycles. The highest BCUT2D eigenvalue weighted by Crippen LogP contribution is 2.53. The van der Waals surface area contributed by atoms with Crippen LogP contribution in [0.5, 0.6) is 0 Å². The average Bonchev–Trinajstić information content (AvgIpc) is 4.15. The van der Waals surface area contributed by atoms with Crippen LogP contribution in [0.15, 0.2) is 71.7 Å². The number of aromatic amines is 2. The van der Waals surface area contributed by atoms with Gasteiger partial charge in [-0.15, -0.1) is 0 Å². The third kappa shape index (κ3) is 10.00. The van der Waals surface area contributed by atoms with Gasteiger partial charge in [0.15, 0.2) is 11.1 Å². The Hall–Kier alpha value is -6.50. The van der Waals surface area contributed by atoms with E-state index in [0.717, 1.165) is 12.8 Å². The lowest BCUT2D eigenvalue weighted by Gasteiger charge is -2.34. The van der Waals surface area contributed by atoms with Gasteiger partial charge in [0.1, 0.15) is 5.82 Å². The summed E-state index contributed by atoms with van der Waals surface area (Å²) in [6, 6.07) is 16.6. The number of likely N-dealkylation sites (tertiary alicyclic amines) is 2. The minimum Gasteiger partial charge on any atom is -0.471 e. The molecule has 0 radical (unpaired) electrons. The highest BCUT2D eigenvalue weighted by atomic mass is 19.3. The molecule has 2 aliphatic heterocycles. The summed E-state index contributed by atoms with van der Waals surface area (Å²) in [5.74, 6) is -3.17. The molecule has 3 aliphatic rings. The first kappa shape index (κ1) is 48.9. The zero-order chi connectivity index (χ0) is 47.9. The van der Waals surface area contributed by atoms with E-state index in [4.69, 9.17) is 10.5 Å². The van der Waals surface area contributed by atoms with Gasteiger partial charge >= 0.3 is 6.09 Å². The minimum absolute atomic E-state index is 0.0129. The number of halogens is 2. The molecule has 2 saturated heterocycles. The molecule has 1 unspecified atom stereocenters. The molecule has 3 atom stereocenters. The van der Waals surface area contributed by atoms with Crippen LogP contribution in [0.4, 0.5) is 13.6 Å². The van der Waals surface area contributed by atoms with Crippen molar-refractivity contribution in [2.45, 2.75) is 82.6 Å². The third-order valence-corrected chi connectivity index (χ3v) is 12.3. The van der Waals surface area contributed by atoms with Crippen molar-refractivity contribution in [2.75, 3.05) is 47.9 Å². The quantitative estimate of drug-likeness (QED) is 0.0660. The van der Waals surface area contributed by atoms with E-state index >= 15 is 8.78 Å². The standard InChI is InChI=1S/C42H44F2N8O5.C4H11N.C2H4O2/c1-4-41(45,50-40(56)57-3)39(55)52-16-5-7-34(52)32-20-36(53)28-14-10-24(19-31(28)48-32)23-9-12-26-27-13-11-25(18-30(27)42(43,44)29(26)17-23)33-21-47-38(49-33)35-8-6-15-51(35)37(54)22-46-2;1-4(2)5-3;1-4-2-3/h9-14,17-21,34-35,46H,4-8,15-16,22,45H2,1-3H3,(H,47,49)(H,48,53)(H,50,56);4-5H,1-3H3;2H,1H3/t34?,35-,41+;;/m0../s1. The van der Waals surface area contributed by atoms with E-state index in [9.17, 15) is 19.2 Å². The fourth-order valence-corrected chi connectivity index (χ4v) is 8.57. The van der Waals surface area contributed by atoms with Gasteiger partial charge in [-0.2, -0.15) is 8.78 Å². The van der Waals surface area contributed by atoms with Crippen LogP contribution in [0.1, 0.15) is 87.6 Å². The summed E-state index contributed by atoms with van der Waals surface area (Å²) in [5, 5.41) is 8.79. The Bertz CT molecular complexity index is 2630. The van der Waals surface area contributed by atoms with Crippen LogP contribution in [-0.2, 0) is 29.8 Å². The molecule has 352 valence electrons. The number of H-pyrrole nitrogens is 2. The van der Waals surface area contributed by atoms with Gasteiger partial charge in [-0.1, -0.05) is 51.1 Å². The summed E-state index contributed by atoms with van der Waals surface area (Å²) in [4.78, 5) is 75.3. The molecule has 3 aromatic carbocycles. The summed E-state index contributed by atoms with van der Waals surface area (Å²) in [6.07, 6.45) is 3.75. The molecule has 4 heterocycles. The number of methoxy groups -OCH3 is 2. The normalized spacial score (nSPS) is 17.7. The average molecular weight is 912 g/mol. The summed E-state index contributed by atoms with van der Waals surface area (Å²) in [5.41, 5.74) is 8.37. The van der Waals surface area contributed by atoms with Crippen molar-refractivity contribution in [1.29, 1.82) is 0 Å². The van der Waals surface area contributed by atoms with Crippen molar-refractivity contribution in [3.8, 4) is 33.5 Å². The van der Waals surface area contributed by atoms with Crippen molar-refractivity contribution in [2.24, 2.45) is 5.73 Å². The second-order valence-electron chi connectivity index (χ2n) is 16.8. The van der Waals surface area contributed by atoms with Crippen molar-refractivity contribution < 1.29 is 37.4 Å². The Balaban J connectivity index is 0.000000733. The number of benzene rings is 3. The number of rotatable bonds is 11. The van der Waals surface area contributed by atoms with E-state index in [2.05, 4.69) is 54.2 Å². The molecular formula is C48H59F2N9O7. The first-order valence-corrected chi connectivity index (χ1v) is 22.0. The molecule has 2 fully saturated rings. The van der Waals surface area contributed by atoms with Crippen molar-refractivity contribution >= 4 is 35.3 Å². The number of hydrogen-bond acceptors (Lipinski definition) is 11. The molecule has 18 heteroatoms. The lowest BCUT2D eigenvalue weighted by Crippen LogP contribution is -2.65. The van der Waals surface area contributed by atoms with Gasteiger partial charge in [0, 0.05) is 53.0 Å². The maximum Gasteiger partial charge on any atom is 0.408 e. The van der Waals surface area contributed by atoms with Crippen LogP contribution in [0, 0.1) is 0 Å². The smallest absolute Gasteiger partial charge is 0.408 e. The summed E-state index contributed by atoms with van der Waals surface area (Å²) in [6.45, 7) is 7.52. The van der Waals surface area contributed by atoms with Crippen LogP contribution in [-0.4, -0.2) is 109 Å². The number of ether oxygens (including phenoxy) is 2. The van der Waals surface area contributed by atoms with E-state index in [0.29, 0.717) is 94.4 Å². The van der Waals surface area contributed by atoms with Crippen LogP contribution in [0.3, 0.4) is 0 Å². The molecule has 3 amide bonds. The number of carbonyl (C=O) groups excluding carboxylic acids is 4. The van der Waals surface area contributed by atoms with Gasteiger partial charge < -0.3 is 45.6 Å². The van der Waals surface area contributed by atoms with Crippen molar-refractivity contribution in [3.05, 3.63) is 99.7 Å². The maximum atomic E-state index is 16.4. The number of alkyl carbamates (subject to hydrolysis) is 1. The number of hydrogen-bond donors (Lipinski definition) is 6. The SMILES string of the molecule is CC[C@@](N)(NC(=O)OC)C(=O)N1CCCC1c1cc(=O)c2ccc(-c3ccc4c(c3)C(F)(F)c3cc(-c5cnc([C@@H]6CCCN6C(=O)CNC)[nH]5)ccc3-4)cc2[nH]1.CNC(C)C.COC=O. The molecule has 8 rings (SSSR count). The predicted molar refractivity (Wildman–Crippen MR) is 247 cm³/mol. The van der Waals surface area contributed by atoms with E-state index < -0.39 is 29.6 Å². The zero-order valence-electron chi connectivity index (χ0n) is 38.3. The molecule has 66 heavy (non-hydrogen) atoms. The largest absolute Gasteiger partial charge is 0.471 e. The van der Waals surface area contributed by atoms with Crippen LogP contribution >= 0.6 is 0 Å². The molecule has 2 aromatic heterocycles. The number of nitrogens with zero attached hydrogens (tertiary/aromatic N) is 3. The first-order chi connectivity index (χ1) is 31.5. The van der Waals surface area contributed by atoms with E-state index in [-0.39, 0.29) is 41.5 Å². The van der Waals surface area contributed by atoms with Crippen LogP contribution in [0.2, 0.25) is 0 Å². The molecule has 7 N–H and O–H groups in total. The Kier molecular flexibility index (Phi) is 15.4. The van der Waals surface area contributed by atoms with E-state index in [1.807, 2.05) is 7.05 Å². The highest BCUT2D eigenvalue weighted by molar-refractivity contribution is 5.90. The second kappa shape index (κ2) is 20.8.